The smallest absolute Gasteiger partial charge is 0.469 e. The van der Waals surface area contributed by atoms with Gasteiger partial charge in [-0.1, -0.05) is 0 Å². The van der Waals surface area contributed by atoms with Crippen LogP contribution < -0.4 is 16.0 Å². The highest BCUT2D eigenvalue weighted by Gasteiger charge is 2.45. The van der Waals surface area contributed by atoms with Crippen LogP contribution in [-0.4, -0.2) is 61.6 Å². The van der Waals surface area contributed by atoms with Crippen LogP contribution in [0.1, 0.15) is 6.23 Å². The van der Waals surface area contributed by atoms with Crippen molar-refractivity contribution in [1.29, 1.82) is 0 Å². The summed E-state index contributed by atoms with van der Waals surface area (Å²) in [7, 11) is -3.60. The molecule has 130 valence electrons. The molecular formula is C10H15N2O10P. The first kappa shape index (κ1) is 17.8. The van der Waals surface area contributed by atoms with Gasteiger partial charge in [-0.05, 0) is 0 Å². The van der Waals surface area contributed by atoms with Gasteiger partial charge in [0.05, 0.1) is 19.9 Å². The summed E-state index contributed by atoms with van der Waals surface area (Å²) in [6, 6.07) is 0. The zero-order valence-electron chi connectivity index (χ0n) is 11.7. The number of aliphatic hydroxyl groups excluding tert-OH is 2. The molecule has 0 amide bonds. The van der Waals surface area contributed by atoms with Gasteiger partial charge in [-0.15, -0.1) is 0 Å². The molecule has 1 aliphatic heterocycles. The van der Waals surface area contributed by atoms with E-state index in [0.717, 1.165) is 10.8 Å². The Bertz CT molecular complexity index is 723. The van der Waals surface area contributed by atoms with Crippen LogP contribution >= 0.6 is 7.82 Å². The van der Waals surface area contributed by atoms with Crippen LogP contribution in [-0.2, 0) is 13.8 Å². The molecule has 0 saturated carbocycles. The standard InChI is InChI=1S/C10H15N2O10P/c1-20-4-2-12(10(16)11-8(4)15)9-7(14)6(13)5(22-9)3-21-23(17,18)19/h2,5-7,9,13-14H,3H2,1H3,(H,11,15,16)(H2,17,18,19)/t5-,6-,7-,9-/m1/s1. The Hall–Kier alpha value is -1.53. The minimum absolute atomic E-state index is 0.232. The number of methoxy groups -OCH3 is 1. The molecule has 5 N–H and O–H groups in total. The number of rotatable bonds is 5. The highest BCUT2D eigenvalue weighted by molar-refractivity contribution is 7.46. The molecule has 1 saturated heterocycles. The average molecular weight is 354 g/mol. The summed E-state index contributed by atoms with van der Waals surface area (Å²) in [5.41, 5.74) is -1.72. The van der Waals surface area contributed by atoms with E-state index in [1.54, 1.807) is 0 Å². The Balaban J connectivity index is 2.26. The van der Waals surface area contributed by atoms with Crippen LogP contribution in [0.5, 0.6) is 5.75 Å². The molecular weight excluding hydrogens is 339 g/mol. The van der Waals surface area contributed by atoms with Gasteiger partial charge in [0.15, 0.2) is 6.23 Å². The molecule has 2 heterocycles. The molecule has 1 aromatic rings. The van der Waals surface area contributed by atoms with E-state index in [2.05, 4.69) is 4.52 Å². The van der Waals surface area contributed by atoms with Crippen molar-refractivity contribution in [2.75, 3.05) is 13.7 Å². The predicted octanol–water partition coefficient (Wildman–Crippen LogP) is -2.73. The zero-order valence-corrected chi connectivity index (χ0v) is 12.6. The number of aliphatic hydroxyl groups is 2. The highest BCUT2D eigenvalue weighted by atomic mass is 31.2. The number of H-pyrrole nitrogens is 1. The normalized spacial score (nSPS) is 28.0. The van der Waals surface area contributed by atoms with Crippen LogP contribution in [0.4, 0.5) is 0 Å². The molecule has 0 aliphatic carbocycles. The summed E-state index contributed by atoms with van der Waals surface area (Å²) in [6.07, 6.45) is -4.90. The van der Waals surface area contributed by atoms with Gasteiger partial charge >= 0.3 is 13.5 Å². The number of phosphoric ester groups is 1. The minimum Gasteiger partial charge on any atom is -0.490 e. The van der Waals surface area contributed by atoms with Crippen LogP contribution in [0, 0.1) is 0 Å². The lowest BCUT2D eigenvalue weighted by Gasteiger charge is -2.17. The lowest BCUT2D eigenvalue weighted by Crippen LogP contribution is -2.38. The molecule has 0 unspecified atom stereocenters. The molecule has 4 atom stereocenters. The number of hydrogen-bond acceptors (Lipinski definition) is 8. The predicted molar refractivity (Wildman–Crippen MR) is 71.8 cm³/mol. The third-order valence-corrected chi connectivity index (χ3v) is 3.66. The van der Waals surface area contributed by atoms with Gasteiger partial charge in [-0.2, -0.15) is 0 Å². The molecule has 1 fully saturated rings. The summed E-state index contributed by atoms with van der Waals surface area (Å²) in [4.78, 5) is 42.4. The van der Waals surface area contributed by atoms with Crippen molar-refractivity contribution in [1.82, 2.24) is 9.55 Å². The molecule has 13 heteroatoms. The topological polar surface area (TPSA) is 181 Å². The number of aromatic amines is 1. The van der Waals surface area contributed by atoms with E-state index in [1.807, 2.05) is 4.98 Å². The van der Waals surface area contributed by atoms with Crippen molar-refractivity contribution in [2.24, 2.45) is 0 Å². The Kier molecular flexibility index (Phi) is 5.06. The molecule has 23 heavy (non-hydrogen) atoms. The minimum atomic E-state index is -4.79. The van der Waals surface area contributed by atoms with E-state index in [4.69, 9.17) is 19.3 Å². The van der Waals surface area contributed by atoms with E-state index >= 15 is 0 Å². The van der Waals surface area contributed by atoms with Gasteiger partial charge in [0.1, 0.15) is 18.3 Å². The summed E-state index contributed by atoms with van der Waals surface area (Å²) < 4.78 is 25.6. The van der Waals surface area contributed by atoms with Crippen molar-refractivity contribution in [3.05, 3.63) is 27.0 Å². The summed E-state index contributed by atoms with van der Waals surface area (Å²) in [6.45, 7) is -0.714. The fourth-order valence-corrected chi connectivity index (χ4v) is 2.41. The second kappa shape index (κ2) is 6.53. The Morgan fingerprint density at radius 3 is 2.57 bits per heavy atom. The highest BCUT2D eigenvalue weighted by Crippen LogP contribution is 2.38. The third kappa shape index (κ3) is 3.87. The number of ether oxygens (including phenoxy) is 2. The SMILES string of the molecule is COc1cn([C@@H]2O[C@H](COP(=O)(O)O)[C@@H](O)[C@H]2O)c(=O)[nH]c1=O. The third-order valence-electron chi connectivity index (χ3n) is 3.17. The largest absolute Gasteiger partial charge is 0.490 e. The fourth-order valence-electron chi connectivity index (χ4n) is 2.07. The maximum absolute atomic E-state index is 11.8. The van der Waals surface area contributed by atoms with Crippen molar-refractivity contribution in [3.8, 4) is 5.75 Å². The number of phosphoric acid groups is 1. The molecule has 12 nitrogen and oxygen atoms in total. The van der Waals surface area contributed by atoms with Crippen LogP contribution in [0.3, 0.4) is 0 Å². The van der Waals surface area contributed by atoms with Crippen LogP contribution in [0.15, 0.2) is 15.8 Å². The van der Waals surface area contributed by atoms with Crippen LogP contribution in [0.25, 0.3) is 0 Å². The van der Waals surface area contributed by atoms with Gasteiger partial charge in [0, 0.05) is 0 Å². The second-order valence-corrected chi connectivity index (χ2v) is 5.94. The average Bonchev–Trinajstić information content (AvgIpc) is 2.73. The maximum atomic E-state index is 11.8. The van der Waals surface area contributed by atoms with E-state index in [-0.39, 0.29) is 5.75 Å². The Morgan fingerprint density at radius 2 is 2.00 bits per heavy atom. The second-order valence-electron chi connectivity index (χ2n) is 4.70. The zero-order chi connectivity index (χ0) is 17.4. The van der Waals surface area contributed by atoms with Crippen molar-refractivity contribution >= 4 is 7.82 Å². The van der Waals surface area contributed by atoms with Crippen LogP contribution in [0.2, 0.25) is 0 Å². The number of aromatic nitrogens is 2. The maximum Gasteiger partial charge on any atom is 0.469 e. The summed E-state index contributed by atoms with van der Waals surface area (Å²) >= 11 is 0. The van der Waals surface area contributed by atoms with Gasteiger partial charge in [0.2, 0.25) is 5.75 Å². The lowest BCUT2D eigenvalue weighted by molar-refractivity contribution is -0.0545. The summed E-state index contributed by atoms with van der Waals surface area (Å²) in [5.74, 6) is -0.232. The quantitative estimate of drug-likeness (QED) is 0.348. The molecule has 0 aromatic carbocycles. The molecule has 0 radical (unpaired) electrons. The van der Waals surface area contributed by atoms with E-state index in [9.17, 15) is 24.4 Å². The lowest BCUT2D eigenvalue weighted by atomic mass is 10.1. The monoisotopic (exact) mass is 354 g/mol. The molecule has 0 spiro atoms. The molecule has 2 rings (SSSR count). The van der Waals surface area contributed by atoms with Gasteiger partial charge < -0.3 is 29.5 Å². The molecule has 0 bridgehead atoms. The van der Waals surface area contributed by atoms with Gasteiger partial charge in [-0.25, -0.2) is 9.36 Å². The van der Waals surface area contributed by atoms with Crippen molar-refractivity contribution in [3.63, 3.8) is 0 Å². The first-order valence-corrected chi connectivity index (χ1v) is 7.78. The van der Waals surface area contributed by atoms with Gasteiger partial charge in [-0.3, -0.25) is 18.9 Å². The first-order valence-electron chi connectivity index (χ1n) is 6.25. The van der Waals surface area contributed by atoms with Crippen molar-refractivity contribution < 1.29 is 38.6 Å². The Morgan fingerprint density at radius 1 is 1.35 bits per heavy atom. The number of hydrogen-bond donors (Lipinski definition) is 5. The molecule has 1 aliphatic rings. The fraction of sp³-hybridized carbons (Fsp3) is 0.600. The number of nitrogens with one attached hydrogen (secondary N) is 1. The number of nitrogens with zero attached hydrogens (tertiary/aromatic N) is 1. The van der Waals surface area contributed by atoms with Gasteiger partial charge in [0.25, 0.3) is 5.56 Å². The Labute approximate surface area is 128 Å². The molecule has 1 aromatic heterocycles. The van der Waals surface area contributed by atoms with E-state index in [1.165, 1.54) is 7.11 Å². The first-order chi connectivity index (χ1) is 10.6. The van der Waals surface area contributed by atoms with Crippen molar-refractivity contribution in [2.45, 2.75) is 24.5 Å². The van der Waals surface area contributed by atoms with E-state index < -0.39 is 50.2 Å². The van der Waals surface area contributed by atoms with E-state index in [0.29, 0.717) is 0 Å². The summed E-state index contributed by atoms with van der Waals surface area (Å²) in [5, 5.41) is 19.8.